The van der Waals surface area contributed by atoms with Crippen LogP contribution in [0.5, 0.6) is 0 Å². The maximum absolute atomic E-state index is 11.9. The van der Waals surface area contributed by atoms with Gasteiger partial charge in [0.2, 0.25) is 0 Å². The first kappa shape index (κ1) is 11.9. The van der Waals surface area contributed by atoms with Crippen molar-refractivity contribution in [1.29, 1.82) is 0 Å². The highest BCUT2D eigenvalue weighted by Gasteiger charge is 2.36. The van der Waals surface area contributed by atoms with Gasteiger partial charge in [-0.15, -0.1) is 11.3 Å². The number of carbonyl (C=O) groups is 1. The highest BCUT2D eigenvalue weighted by molar-refractivity contribution is 7.10. The Morgan fingerprint density at radius 3 is 3.06 bits per heavy atom. The molecule has 0 unspecified atom stereocenters. The second-order valence-corrected chi connectivity index (χ2v) is 6.28. The number of fused-ring (bicyclic) bond motifs is 2. The van der Waals surface area contributed by atoms with Gasteiger partial charge in [-0.1, -0.05) is 6.92 Å². The highest BCUT2D eigenvalue weighted by Crippen LogP contribution is 2.42. The van der Waals surface area contributed by atoms with Crippen molar-refractivity contribution in [3.8, 4) is 0 Å². The minimum Gasteiger partial charge on any atom is -0.267 e. The van der Waals surface area contributed by atoms with E-state index in [0.29, 0.717) is 5.92 Å². The van der Waals surface area contributed by atoms with Crippen LogP contribution in [0.2, 0.25) is 0 Å². The summed E-state index contributed by atoms with van der Waals surface area (Å²) >= 11 is 1.64. The molecule has 1 aromatic heterocycles. The largest absolute Gasteiger partial charge is 0.272 e. The Hall–Kier alpha value is -1.16. The van der Waals surface area contributed by atoms with E-state index in [-0.39, 0.29) is 5.91 Å². The van der Waals surface area contributed by atoms with Gasteiger partial charge in [-0.3, -0.25) is 4.79 Å². The first-order chi connectivity index (χ1) is 8.76. The predicted octanol–water partition coefficient (Wildman–Crippen LogP) is 3.22. The van der Waals surface area contributed by atoms with Crippen molar-refractivity contribution < 1.29 is 4.79 Å². The van der Waals surface area contributed by atoms with Crippen LogP contribution in [-0.2, 0) is 6.42 Å². The zero-order valence-corrected chi connectivity index (χ0v) is 11.4. The van der Waals surface area contributed by atoms with Crippen LogP contribution in [0, 0.1) is 11.8 Å². The average Bonchev–Trinajstić information content (AvgIpc) is 3.10. The van der Waals surface area contributed by atoms with E-state index in [4.69, 9.17) is 0 Å². The van der Waals surface area contributed by atoms with E-state index in [2.05, 4.69) is 17.5 Å². The monoisotopic (exact) mass is 262 g/mol. The number of thiophene rings is 1. The third-order valence-corrected chi connectivity index (χ3v) is 5.16. The quantitative estimate of drug-likeness (QED) is 0.835. The van der Waals surface area contributed by atoms with Gasteiger partial charge in [-0.25, -0.2) is 5.43 Å². The van der Waals surface area contributed by atoms with Gasteiger partial charge in [0.15, 0.2) is 0 Å². The molecular formula is C14H18N2OS. The van der Waals surface area contributed by atoms with Crippen LogP contribution in [0.3, 0.4) is 0 Å². The highest BCUT2D eigenvalue weighted by atomic mass is 32.1. The second kappa shape index (κ2) is 4.84. The van der Waals surface area contributed by atoms with E-state index in [1.165, 1.54) is 29.9 Å². The van der Waals surface area contributed by atoms with Gasteiger partial charge in [0.25, 0.3) is 5.91 Å². The van der Waals surface area contributed by atoms with E-state index < -0.39 is 0 Å². The number of hydrogen-bond donors (Lipinski definition) is 1. The fourth-order valence-electron chi connectivity index (χ4n) is 3.03. The average molecular weight is 262 g/mol. The molecule has 18 heavy (non-hydrogen) atoms. The first-order valence-electron chi connectivity index (χ1n) is 6.70. The van der Waals surface area contributed by atoms with Crippen LogP contribution in [0.1, 0.15) is 47.8 Å². The molecule has 2 atom stereocenters. The molecule has 0 saturated heterocycles. The summed E-state index contributed by atoms with van der Waals surface area (Å²) in [5.41, 5.74) is 4.67. The molecule has 3 rings (SSSR count). The first-order valence-corrected chi connectivity index (χ1v) is 7.58. The smallest absolute Gasteiger partial charge is 0.267 e. The SMILES string of the molecule is CCc1cc(C(=O)N/N=C2/C[C@H]3CC[C@H]2C3)cs1. The lowest BCUT2D eigenvalue weighted by Gasteiger charge is -2.11. The van der Waals surface area contributed by atoms with Crippen molar-refractivity contribution in [2.24, 2.45) is 16.9 Å². The van der Waals surface area contributed by atoms with Crippen LogP contribution >= 0.6 is 11.3 Å². The van der Waals surface area contributed by atoms with Crippen molar-refractivity contribution in [1.82, 2.24) is 5.43 Å². The summed E-state index contributed by atoms with van der Waals surface area (Å²) in [4.78, 5) is 13.2. The molecule has 2 aliphatic rings. The summed E-state index contributed by atoms with van der Waals surface area (Å²) in [6, 6.07) is 1.96. The molecule has 2 aliphatic carbocycles. The van der Waals surface area contributed by atoms with Gasteiger partial charge >= 0.3 is 0 Å². The molecule has 4 heteroatoms. The van der Waals surface area contributed by atoms with Crippen molar-refractivity contribution in [3.05, 3.63) is 21.9 Å². The Morgan fingerprint density at radius 1 is 1.56 bits per heavy atom. The molecule has 2 saturated carbocycles. The molecule has 96 valence electrons. The lowest BCUT2D eigenvalue weighted by molar-refractivity contribution is 0.0955. The molecule has 0 spiro atoms. The molecule has 0 radical (unpaired) electrons. The van der Waals surface area contributed by atoms with E-state index in [0.717, 1.165) is 24.3 Å². The minimum absolute atomic E-state index is 0.0683. The van der Waals surface area contributed by atoms with Crippen LogP contribution in [0.25, 0.3) is 0 Å². The molecular weight excluding hydrogens is 244 g/mol. The van der Waals surface area contributed by atoms with Crippen molar-refractivity contribution in [3.63, 3.8) is 0 Å². The molecule has 2 bridgehead atoms. The summed E-state index contributed by atoms with van der Waals surface area (Å²) in [7, 11) is 0. The Bertz CT molecular complexity index is 492. The third-order valence-electron chi connectivity index (χ3n) is 4.08. The van der Waals surface area contributed by atoms with E-state index in [9.17, 15) is 4.79 Å². The molecule has 1 aromatic rings. The van der Waals surface area contributed by atoms with Crippen LogP contribution in [-0.4, -0.2) is 11.6 Å². The normalized spacial score (nSPS) is 27.9. The topological polar surface area (TPSA) is 41.5 Å². The van der Waals surface area contributed by atoms with E-state index in [1.807, 2.05) is 11.4 Å². The summed E-state index contributed by atoms with van der Waals surface area (Å²) in [5, 5.41) is 6.25. The van der Waals surface area contributed by atoms with Crippen molar-refractivity contribution in [2.75, 3.05) is 0 Å². The summed E-state index contributed by atoms with van der Waals surface area (Å²) < 4.78 is 0. The molecule has 1 amide bonds. The number of amides is 1. The van der Waals surface area contributed by atoms with Gasteiger partial charge in [0.1, 0.15) is 0 Å². The van der Waals surface area contributed by atoms with Crippen LogP contribution in [0.4, 0.5) is 0 Å². The zero-order chi connectivity index (χ0) is 12.5. The molecule has 1 heterocycles. The van der Waals surface area contributed by atoms with Crippen molar-refractivity contribution in [2.45, 2.75) is 39.0 Å². The van der Waals surface area contributed by atoms with Crippen molar-refractivity contribution >= 4 is 23.0 Å². The minimum atomic E-state index is -0.0683. The number of hydrazone groups is 1. The molecule has 2 fully saturated rings. The Kier molecular flexibility index (Phi) is 3.20. The summed E-state index contributed by atoms with van der Waals surface area (Å²) in [6.45, 7) is 2.10. The maximum atomic E-state index is 11.9. The Balaban J connectivity index is 1.63. The van der Waals surface area contributed by atoms with Gasteiger partial charge in [-0.05, 0) is 50.0 Å². The number of carbonyl (C=O) groups excluding carboxylic acids is 1. The zero-order valence-electron chi connectivity index (χ0n) is 10.6. The number of nitrogens with one attached hydrogen (secondary N) is 1. The number of hydrogen-bond acceptors (Lipinski definition) is 3. The fraction of sp³-hybridized carbons (Fsp3) is 0.571. The Morgan fingerprint density at radius 2 is 2.44 bits per heavy atom. The third kappa shape index (κ3) is 2.21. The lowest BCUT2D eigenvalue weighted by Crippen LogP contribution is -2.21. The number of rotatable bonds is 3. The summed E-state index contributed by atoms with van der Waals surface area (Å²) in [6.07, 6.45) is 5.97. The predicted molar refractivity (Wildman–Crippen MR) is 74.0 cm³/mol. The lowest BCUT2D eigenvalue weighted by atomic mass is 9.99. The summed E-state index contributed by atoms with van der Waals surface area (Å²) in [5.74, 6) is 1.41. The van der Waals surface area contributed by atoms with E-state index >= 15 is 0 Å². The second-order valence-electron chi connectivity index (χ2n) is 5.28. The van der Waals surface area contributed by atoms with Gasteiger partial charge < -0.3 is 0 Å². The standard InChI is InChI=1S/C14H18N2OS/c1-2-12-7-11(8-18-12)14(17)16-15-13-6-9-3-4-10(13)5-9/h7-10H,2-6H2,1H3,(H,16,17)/b15-13-/t9-,10-/m0/s1. The fourth-order valence-corrected chi connectivity index (χ4v) is 3.85. The molecule has 3 nitrogen and oxygen atoms in total. The number of nitrogens with zero attached hydrogens (tertiary/aromatic N) is 1. The van der Waals surface area contributed by atoms with E-state index in [1.54, 1.807) is 11.3 Å². The van der Waals surface area contributed by atoms with Crippen LogP contribution < -0.4 is 5.43 Å². The van der Waals surface area contributed by atoms with Gasteiger partial charge in [0, 0.05) is 16.0 Å². The van der Waals surface area contributed by atoms with Crippen LogP contribution in [0.15, 0.2) is 16.5 Å². The number of aryl methyl sites for hydroxylation is 1. The molecule has 0 aliphatic heterocycles. The Labute approximate surface area is 111 Å². The molecule has 0 aromatic carbocycles. The molecule has 1 N–H and O–H groups in total. The van der Waals surface area contributed by atoms with Gasteiger partial charge in [-0.2, -0.15) is 5.10 Å². The van der Waals surface area contributed by atoms with Gasteiger partial charge in [0.05, 0.1) is 5.56 Å². The maximum Gasteiger partial charge on any atom is 0.272 e.